The molecule has 0 radical (unpaired) electrons. The van der Waals surface area contributed by atoms with Crippen molar-refractivity contribution in [3.63, 3.8) is 0 Å². The summed E-state index contributed by atoms with van der Waals surface area (Å²) in [7, 11) is 0. The van der Waals surface area contributed by atoms with E-state index < -0.39 is 16.2 Å². The van der Waals surface area contributed by atoms with Gasteiger partial charge in [-0.15, -0.1) is 11.6 Å². The number of hydrogen-bond acceptors (Lipinski definition) is 4. The molecule has 0 bridgehead atoms. The third-order valence-electron chi connectivity index (χ3n) is 2.47. The number of ketones is 1. The highest BCUT2D eigenvalue weighted by molar-refractivity contribution is 6.62. The first kappa shape index (κ1) is 8.17. The van der Waals surface area contributed by atoms with E-state index >= 15 is 0 Å². The molecule has 0 N–H and O–H groups in total. The minimum absolute atomic E-state index is 0.340. The molecule has 3 rings (SSSR count). The van der Waals surface area contributed by atoms with Crippen molar-refractivity contribution in [1.82, 2.24) is 0 Å². The smallest absolute Gasteiger partial charge is 0.236 e. The summed E-state index contributed by atoms with van der Waals surface area (Å²) in [4.78, 5) is 14.1. The molecule has 0 aromatic rings. The van der Waals surface area contributed by atoms with Crippen LogP contribution >= 0.6 is 23.2 Å². The molecule has 70 valence electrons. The molecule has 2 atom stereocenters. The Balaban J connectivity index is 2.07. The number of carbonyl (C=O) groups is 1. The fourth-order valence-corrected chi connectivity index (χ4v) is 2.55. The largest absolute Gasteiger partial charge is 0.341 e. The van der Waals surface area contributed by atoms with Gasteiger partial charge >= 0.3 is 0 Å². The molecular weight excluding hydrogens is 217 g/mol. The van der Waals surface area contributed by atoms with Crippen molar-refractivity contribution in [2.75, 3.05) is 13.2 Å². The van der Waals surface area contributed by atoms with Crippen LogP contribution < -0.4 is 0 Å². The molecule has 1 aliphatic carbocycles. The monoisotopic (exact) mass is 221 g/mol. The number of Topliss-reactive ketones (excluding diaryl/α,β-unsaturated/α-hetero) is 1. The first-order valence-corrected chi connectivity index (χ1v) is 4.69. The van der Waals surface area contributed by atoms with Crippen LogP contribution in [0, 0.1) is 0 Å². The number of fused-ring (bicyclic) bond motifs is 2. The summed E-state index contributed by atoms with van der Waals surface area (Å²) in [6, 6.07) is 0. The second-order valence-corrected chi connectivity index (χ2v) is 4.16. The normalized spacial score (nSPS) is 45.2. The van der Waals surface area contributed by atoms with E-state index in [0.29, 0.717) is 18.9 Å². The van der Waals surface area contributed by atoms with Crippen molar-refractivity contribution in [2.24, 2.45) is 4.99 Å². The van der Waals surface area contributed by atoms with E-state index in [9.17, 15) is 4.79 Å². The van der Waals surface area contributed by atoms with Gasteiger partial charge in [0, 0.05) is 0 Å². The summed E-state index contributed by atoms with van der Waals surface area (Å²) in [6.45, 7) is 0.838. The Kier molecular flexibility index (Phi) is 1.31. The van der Waals surface area contributed by atoms with E-state index in [1.807, 2.05) is 0 Å². The number of hydrogen-bond donors (Lipinski definition) is 0. The van der Waals surface area contributed by atoms with E-state index in [0.717, 1.165) is 0 Å². The third kappa shape index (κ3) is 0.722. The highest BCUT2D eigenvalue weighted by Gasteiger charge is 2.76. The lowest BCUT2D eigenvalue weighted by Crippen LogP contribution is -2.42. The molecule has 1 saturated heterocycles. The molecule has 4 nitrogen and oxygen atoms in total. The van der Waals surface area contributed by atoms with Gasteiger partial charge in [-0.05, 0) is 0 Å². The SMILES string of the molecule is O=C1C(Cl)C2(OCCO2)C2=NC12Cl. The topological polar surface area (TPSA) is 47.9 Å². The zero-order chi connectivity index (χ0) is 9.27. The summed E-state index contributed by atoms with van der Waals surface area (Å²) in [5.74, 6) is -1.49. The predicted octanol–water partition coefficient (Wildman–Crippen LogP) is 0.309. The van der Waals surface area contributed by atoms with Crippen LogP contribution in [-0.2, 0) is 14.3 Å². The van der Waals surface area contributed by atoms with Crippen molar-refractivity contribution in [3.05, 3.63) is 0 Å². The van der Waals surface area contributed by atoms with E-state index in [1.165, 1.54) is 0 Å². The van der Waals surface area contributed by atoms with E-state index in [-0.39, 0.29) is 5.78 Å². The molecule has 2 heterocycles. The fourth-order valence-electron chi connectivity index (χ4n) is 1.78. The quantitative estimate of drug-likeness (QED) is 0.437. The van der Waals surface area contributed by atoms with E-state index in [2.05, 4.69) is 4.99 Å². The van der Waals surface area contributed by atoms with Crippen LogP contribution in [0.1, 0.15) is 0 Å². The lowest BCUT2D eigenvalue weighted by atomic mass is 10.2. The molecule has 0 aromatic carbocycles. The van der Waals surface area contributed by atoms with Crippen LogP contribution in [0.4, 0.5) is 0 Å². The first-order chi connectivity index (χ1) is 6.11. The number of rotatable bonds is 0. The lowest BCUT2D eigenvalue weighted by Gasteiger charge is -2.21. The molecule has 0 aromatic heterocycles. The molecule has 0 amide bonds. The third-order valence-corrected chi connectivity index (χ3v) is 3.40. The maximum absolute atomic E-state index is 11.5. The number of alkyl halides is 2. The maximum atomic E-state index is 11.5. The highest BCUT2D eigenvalue weighted by atomic mass is 35.5. The lowest BCUT2D eigenvalue weighted by molar-refractivity contribution is -0.130. The number of carbonyl (C=O) groups excluding carboxylic acids is 1. The van der Waals surface area contributed by atoms with Gasteiger partial charge in [-0.1, -0.05) is 11.6 Å². The second kappa shape index (κ2) is 2.08. The van der Waals surface area contributed by atoms with Crippen LogP contribution in [0.25, 0.3) is 0 Å². The van der Waals surface area contributed by atoms with Crippen molar-refractivity contribution in [2.45, 2.75) is 16.2 Å². The number of halogens is 2. The Morgan fingerprint density at radius 3 is 2.54 bits per heavy atom. The van der Waals surface area contributed by atoms with Gasteiger partial charge in [-0.25, -0.2) is 4.99 Å². The van der Waals surface area contributed by atoms with Crippen LogP contribution in [0.3, 0.4) is 0 Å². The Labute approximate surface area is 83.8 Å². The first-order valence-electron chi connectivity index (χ1n) is 3.87. The van der Waals surface area contributed by atoms with Crippen LogP contribution in [0.5, 0.6) is 0 Å². The van der Waals surface area contributed by atoms with E-state index in [1.54, 1.807) is 0 Å². The van der Waals surface area contributed by atoms with Gasteiger partial charge in [-0.3, -0.25) is 4.79 Å². The van der Waals surface area contributed by atoms with Crippen LogP contribution in [0.2, 0.25) is 0 Å². The van der Waals surface area contributed by atoms with Gasteiger partial charge in [-0.2, -0.15) is 0 Å². The molecule has 1 spiro atoms. The standard InChI is InChI=1S/C7H5Cl2NO3/c8-3-4(11)6(9)5(10-6)7(3)12-1-2-13-7/h3H,1-2H2. The number of ether oxygens (including phenoxy) is 2. The van der Waals surface area contributed by atoms with Gasteiger partial charge in [0.15, 0.2) is 5.38 Å². The molecule has 2 aliphatic heterocycles. The summed E-state index contributed by atoms with van der Waals surface area (Å²) in [6.07, 6.45) is 0. The maximum Gasteiger partial charge on any atom is 0.236 e. The Morgan fingerprint density at radius 1 is 1.46 bits per heavy atom. The minimum atomic E-state index is -1.24. The average Bonchev–Trinajstić information content (AvgIpc) is 2.60. The summed E-state index contributed by atoms with van der Waals surface area (Å²) >= 11 is 11.7. The predicted molar refractivity (Wildman–Crippen MR) is 45.3 cm³/mol. The van der Waals surface area contributed by atoms with Gasteiger partial charge in [0.25, 0.3) is 0 Å². The van der Waals surface area contributed by atoms with Crippen molar-refractivity contribution >= 4 is 34.7 Å². The van der Waals surface area contributed by atoms with Gasteiger partial charge in [0.1, 0.15) is 5.71 Å². The number of aliphatic imine (C=N–C) groups is 1. The zero-order valence-corrected chi connectivity index (χ0v) is 7.93. The Bertz CT molecular complexity index is 337. The molecule has 2 unspecified atom stereocenters. The van der Waals surface area contributed by atoms with Gasteiger partial charge in [0.05, 0.1) is 13.2 Å². The van der Waals surface area contributed by atoms with Gasteiger partial charge < -0.3 is 9.47 Å². The van der Waals surface area contributed by atoms with Crippen LogP contribution in [0.15, 0.2) is 4.99 Å². The van der Waals surface area contributed by atoms with Gasteiger partial charge in [0.2, 0.25) is 16.6 Å². The summed E-state index contributed by atoms with van der Waals surface area (Å²) < 4.78 is 10.6. The van der Waals surface area contributed by atoms with Crippen LogP contribution in [-0.4, -0.2) is 40.9 Å². The fraction of sp³-hybridized carbons (Fsp3) is 0.714. The molecular formula is C7H5Cl2NO3. The zero-order valence-electron chi connectivity index (χ0n) is 6.42. The second-order valence-electron chi connectivity index (χ2n) is 3.17. The van der Waals surface area contributed by atoms with E-state index in [4.69, 9.17) is 32.7 Å². The van der Waals surface area contributed by atoms with Crippen molar-refractivity contribution in [1.29, 1.82) is 0 Å². The Hall–Kier alpha value is -0.160. The molecule has 3 aliphatic rings. The molecule has 13 heavy (non-hydrogen) atoms. The Morgan fingerprint density at radius 2 is 2.08 bits per heavy atom. The number of nitrogens with zero attached hydrogens (tertiary/aromatic N) is 1. The van der Waals surface area contributed by atoms with Crippen molar-refractivity contribution in [3.8, 4) is 0 Å². The molecule has 2 fully saturated rings. The summed E-state index contributed by atoms with van der Waals surface area (Å²) in [5.41, 5.74) is 0.434. The molecule has 1 saturated carbocycles. The average molecular weight is 222 g/mol. The van der Waals surface area contributed by atoms with Crippen molar-refractivity contribution < 1.29 is 14.3 Å². The molecule has 6 heteroatoms. The summed E-state index contributed by atoms with van der Waals surface area (Å²) in [5, 5.41) is -0.861. The highest BCUT2D eigenvalue weighted by Crippen LogP contribution is 2.53. The minimum Gasteiger partial charge on any atom is -0.341 e.